The highest BCUT2D eigenvalue weighted by Gasteiger charge is 2.16. The highest BCUT2D eigenvalue weighted by Crippen LogP contribution is 2.29. The number of ketones is 1. The molecule has 3 aromatic rings. The van der Waals surface area contributed by atoms with Crippen molar-refractivity contribution in [1.29, 1.82) is 0 Å². The van der Waals surface area contributed by atoms with Crippen LogP contribution in [-0.4, -0.2) is 10.8 Å². The lowest BCUT2D eigenvalue weighted by molar-refractivity contribution is 0.104. The summed E-state index contributed by atoms with van der Waals surface area (Å²) in [5.41, 5.74) is 3.39. The molecule has 0 atom stereocenters. The quantitative estimate of drug-likeness (QED) is 0.595. The van der Waals surface area contributed by atoms with Crippen LogP contribution in [0.5, 0.6) is 0 Å². The van der Waals surface area contributed by atoms with Gasteiger partial charge in [0.15, 0.2) is 5.78 Å². The first-order valence-corrected chi connectivity index (χ1v) is 7.73. The first-order chi connectivity index (χ1) is 9.58. The number of rotatable bonds is 2. The zero-order chi connectivity index (χ0) is 14.3. The van der Waals surface area contributed by atoms with Gasteiger partial charge in [0.1, 0.15) is 0 Å². The standard InChI is InChI=1S/C16H11Br2NO/c1-9-7-10(5-6-12(9)17)16(20)11-8-19-14-4-2-3-13(18)15(11)14/h2-8,19H,1H3. The third kappa shape index (κ3) is 2.23. The van der Waals surface area contributed by atoms with Crippen LogP contribution < -0.4 is 0 Å². The van der Waals surface area contributed by atoms with Crippen molar-refractivity contribution in [1.82, 2.24) is 4.98 Å². The number of carbonyl (C=O) groups is 1. The number of benzene rings is 2. The number of nitrogens with one attached hydrogen (secondary N) is 1. The van der Waals surface area contributed by atoms with E-state index in [4.69, 9.17) is 0 Å². The molecular formula is C16H11Br2NO. The van der Waals surface area contributed by atoms with Gasteiger partial charge in [-0.15, -0.1) is 0 Å². The summed E-state index contributed by atoms with van der Waals surface area (Å²) in [5.74, 6) is 0.0266. The Hall–Kier alpha value is -1.39. The number of carbonyl (C=O) groups excluding carboxylic acids is 1. The molecule has 3 rings (SSSR count). The van der Waals surface area contributed by atoms with Crippen LogP contribution in [0.15, 0.2) is 51.5 Å². The Morgan fingerprint density at radius 3 is 2.65 bits per heavy atom. The Labute approximate surface area is 133 Å². The molecule has 0 bridgehead atoms. The minimum Gasteiger partial charge on any atom is -0.360 e. The molecule has 0 spiro atoms. The number of aryl methyl sites for hydroxylation is 1. The fourth-order valence-corrected chi connectivity index (χ4v) is 3.09. The third-order valence-corrected chi connectivity index (χ3v) is 4.87. The Morgan fingerprint density at radius 2 is 1.90 bits per heavy atom. The molecule has 2 aromatic carbocycles. The summed E-state index contributed by atoms with van der Waals surface area (Å²) in [7, 11) is 0. The molecule has 0 saturated carbocycles. The maximum Gasteiger partial charge on any atom is 0.195 e. The van der Waals surface area contributed by atoms with Gasteiger partial charge in [-0.3, -0.25) is 4.79 Å². The van der Waals surface area contributed by atoms with Crippen molar-refractivity contribution in [2.24, 2.45) is 0 Å². The van der Waals surface area contributed by atoms with Crippen molar-refractivity contribution >= 4 is 48.5 Å². The molecule has 0 aliphatic rings. The molecule has 1 N–H and O–H groups in total. The van der Waals surface area contributed by atoms with E-state index in [9.17, 15) is 4.79 Å². The van der Waals surface area contributed by atoms with E-state index in [0.717, 1.165) is 25.4 Å². The van der Waals surface area contributed by atoms with Gasteiger partial charge < -0.3 is 4.98 Å². The second-order valence-corrected chi connectivity index (χ2v) is 6.37. The topological polar surface area (TPSA) is 32.9 Å². The Morgan fingerprint density at radius 1 is 1.10 bits per heavy atom. The molecule has 0 radical (unpaired) electrons. The SMILES string of the molecule is Cc1cc(C(=O)c2c[nH]c3cccc(Br)c23)ccc1Br. The number of hydrogen-bond donors (Lipinski definition) is 1. The summed E-state index contributed by atoms with van der Waals surface area (Å²) in [4.78, 5) is 15.8. The van der Waals surface area contributed by atoms with Crippen molar-refractivity contribution in [3.8, 4) is 0 Å². The fourth-order valence-electron chi connectivity index (χ4n) is 2.26. The molecule has 4 heteroatoms. The molecule has 0 amide bonds. The van der Waals surface area contributed by atoms with Crippen LogP contribution in [0.4, 0.5) is 0 Å². The lowest BCUT2D eigenvalue weighted by Crippen LogP contribution is -2.01. The second kappa shape index (κ2) is 5.19. The van der Waals surface area contributed by atoms with Crippen LogP contribution in [0.25, 0.3) is 10.9 Å². The van der Waals surface area contributed by atoms with E-state index in [2.05, 4.69) is 36.8 Å². The summed E-state index contributed by atoms with van der Waals surface area (Å²) in [5, 5.41) is 0.929. The molecule has 1 aromatic heterocycles. The monoisotopic (exact) mass is 391 g/mol. The van der Waals surface area contributed by atoms with Gasteiger partial charge in [-0.25, -0.2) is 0 Å². The Bertz CT molecular complexity index is 820. The van der Waals surface area contributed by atoms with E-state index in [0.29, 0.717) is 11.1 Å². The molecule has 20 heavy (non-hydrogen) atoms. The zero-order valence-electron chi connectivity index (χ0n) is 10.7. The number of halogens is 2. The van der Waals surface area contributed by atoms with Gasteiger partial charge >= 0.3 is 0 Å². The first-order valence-electron chi connectivity index (χ1n) is 6.14. The normalized spacial score (nSPS) is 10.9. The maximum atomic E-state index is 12.7. The van der Waals surface area contributed by atoms with Gasteiger partial charge in [-0.1, -0.05) is 37.9 Å². The maximum absolute atomic E-state index is 12.7. The van der Waals surface area contributed by atoms with Gasteiger partial charge in [0.2, 0.25) is 0 Å². The molecular weight excluding hydrogens is 382 g/mol. The molecule has 0 saturated heterocycles. The van der Waals surface area contributed by atoms with Gasteiger partial charge in [-0.05, 0) is 42.8 Å². The van der Waals surface area contributed by atoms with E-state index in [1.165, 1.54) is 0 Å². The predicted octanol–water partition coefficient (Wildman–Crippen LogP) is 5.23. The van der Waals surface area contributed by atoms with Gasteiger partial charge in [0.05, 0.1) is 0 Å². The molecule has 0 aliphatic heterocycles. The Balaban J connectivity index is 2.15. The minimum atomic E-state index is 0.0266. The number of aromatic amines is 1. The van der Waals surface area contributed by atoms with Crippen molar-refractivity contribution in [2.75, 3.05) is 0 Å². The van der Waals surface area contributed by atoms with Crippen LogP contribution >= 0.6 is 31.9 Å². The smallest absolute Gasteiger partial charge is 0.195 e. The minimum absolute atomic E-state index is 0.0266. The predicted molar refractivity (Wildman–Crippen MR) is 88.3 cm³/mol. The van der Waals surface area contributed by atoms with E-state index in [1.807, 2.05) is 43.3 Å². The molecule has 0 aliphatic carbocycles. The van der Waals surface area contributed by atoms with Crippen LogP contribution in [0, 0.1) is 6.92 Å². The van der Waals surface area contributed by atoms with Crippen LogP contribution in [-0.2, 0) is 0 Å². The van der Waals surface area contributed by atoms with Crippen molar-refractivity contribution in [2.45, 2.75) is 6.92 Å². The van der Waals surface area contributed by atoms with Crippen LogP contribution in [0.3, 0.4) is 0 Å². The van der Waals surface area contributed by atoms with Crippen molar-refractivity contribution in [3.05, 3.63) is 68.2 Å². The van der Waals surface area contributed by atoms with E-state index in [1.54, 1.807) is 6.20 Å². The molecule has 1 heterocycles. The average Bonchev–Trinajstić information content (AvgIpc) is 2.86. The lowest BCUT2D eigenvalue weighted by Gasteiger charge is -2.04. The summed E-state index contributed by atoms with van der Waals surface area (Å²) in [6, 6.07) is 11.5. The Kier molecular flexibility index (Phi) is 3.52. The van der Waals surface area contributed by atoms with Crippen LogP contribution in [0.1, 0.15) is 21.5 Å². The highest BCUT2D eigenvalue weighted by atomic mass is 79.9. The van der Waals surface area contributed by atoms with Gasteiger partial charge in [-0.2, -0.15) is 0 Å². The van der Waals surface area contributed by atoms with E-state index >= 15 is 0 Å². The molecule has 0 unspecified atom stereocenters. The zero-order valence-corrected chi connectivity index (χ0v) is 13.9. The van der Waals surface area contributed by atoms with E-state index in [-0.39, 0.29) is 5.78 Å². The van der Waals surface area contributed by atoms with Crippen molar-refractivity contribution < 1.29 is 4.79 Å². The highest BCUT2D eigenvalue weighted by molar-refractivity contribution is 9.11. The summed E-state index contributed by atoms with van der Waals surface area (Å²) < 4.78 is 1.93. The van der Waals surface area contributed by atoms with Gasteiger partial charge in [0.25, 0.3) is 0 Å². The summed E-state index contributed by atoms with van der Waals surface area (Å²) in [6.45, 7) is 1.98. The number of H-pyrrole nitrogens is 1. The molecule has 100 valence electrons. The number of fused-ring (bicyclic) bond motifs is 1. The lowest BCUT2D eigenvalue weighted by atomic mass is 10.0. The van der Waals surface area contributed by atoms with Crippen molar-refractivity contribution in [3.63, 3.8) is 0 Å². The third-order valence-electron chi connectivity index (χ3n) is 3.32. The second-order valence-electron chi connectivity index (χ2n) is 4.66. The molecule has 0 fully saturated rings. The van der Waals surface area contributed by atoms with Gasteiger partial charge in [0, 0.05) is 37.2 Å². The van der Waals surface area contributed by atoms with Crippen LogP contribution in [0.2, 0.25) is 0 Å². The summed E-state index contributed by atoms with van der Waals surface area (Å²) in [6.07, 6.45) is 1.77. The average molecular weight is 393 g/mol. The summed E-state index contributed by atoms with van der Waals surface area (Å²) >= 11 is 6.97. The number of aromatic nitrogens is 1. The largest absolute Gasteiger partial charge is 0.360 e. The van der Waals surface area contributed by atoms with E-state index < -0.39 is 0 Å². The first kappa shape index (κ1) is 13.6. The fraction of sp³-hybridized carbons (Fsp3) is 0.0625. The molecule has 2 nitrogen and oxygen atoms in total. The number of hydrogen-bond acceptors (Lipinski definition) is 1.